The number of fused-ring (bicyclic) bond motifs is 2. The van der Waals surface area contributed by atoms with E-state index in [1.807, 2.05) is 31.2 Å². The number of phenols is 1. The normalized spacial score (nSPS) is 12.6. The van der Waals surface area contributed by atoms with Crippen molar-refractivity contribution >= 4 is 5.57 Å². The molecule has 0 amide bonds. The molecule has 2 aromatic rings. The molecule has 0 spiro atoms. The lowest BCUT2D eigenvalue weighted by Gasteiger charge is -2.22. The van der Waals surface area contributed by atoms with Crippen LogP contribution in [0.1, 0.15) is 16.7 Å². The van der Waals surface area contributed by atoms with E-state index in [4.69, 9.17) is 4.74 Å². The van der Waals surface area contributed by atoms with E-state index in [9.17, 15) is 5.11 Å². The minimum atomic E-state index is 0.202. The molecule has 3 rings (SSSR count). The first-order valence-corrected chi connectivity index (χ1v) is 5.46. The third-order valence-electron chi connectivity index (χ3n) is 2.97. The zero-order valence-corrected chi connectivity index (χ0v) is 9.53. The molecule has 0 saturated carbocycles. The molecule has 1 aliphatic heterocycles. The van der Waals surface area contributed by atoms with E-state index >= 15 is 0 Å². The maximum absolute atomic E-state index is 9.47. The van der Waals surface area contributed by atoms with Crippen LogP contribution >= 0.6 is 0 Å². The van der Waals surface area contributed by atoms with E-state index in [2.05, 4.69) is 6.58 Å². The second kappa shape index (κ2) is 3.39. The average Bonchev–Trinajstić information content (AvgIpc) is 2.28. The smallest absolute Gasteiger partial charge is 0.138 e. The van der Waals surface area contributed by atoms with Crippen molar-refractivity contribution in [3.63, 3.8) is 0 Å². The monoisotopic (exact) mass is 224 g/mol. The van der Waals surface area contributed by atoms with Crippen molar-refractivity contribution in [1.82, 2.24) is 0 Å². The number of benzene rings is 2. The Hall–Kier alpha value is -2.22. The summed E-state index contributed by atoms with van der Waals surface area (Å²) in [4.78, 5) is 0. The summed E-state index contributed by atoms with van der Waals surface area (Å²) in [5.41, 5.74) is 4.01. The molecule has 2 aromatic carbocycles. The molecular weight excluding hydrogens is 212 g/mol. The predicted molar refractivity (Wildman–Crippen MR) is 67.5 cm³/mol. The molecule has 2 heteroatoms. The lowest BCUT2D eigenvalue weighted by atomic mass is 9.94. The Labute approximate surface area is 99.8 Å². The van der Waals surface area contributed by atoms with Gasteiger partial charge in [-0.2, -0.15) is 0 Å². The van der Waals surface area contributed by atoms with Crippen LogP contribution in [0, 0.1) is 6.92 Å². The van der Waals surface area contributed by atoms with Crippen molar-refractivity contribution in [3.8, 4) is 17.2 Å². The Morgan fingerprint density at radius 2 is 1.65 bits per heavy atom. The topological polar surface area (TPSA) is 29.5 Å². The number of aryl methyl sites for hydroxylation is 1. The molecule has 0 fully saturated rings. The number of hydrogen-bond donors (Lipinski definition) is 1. The molecule has 0 atom stereocenters. The highest BCUT2D eigenvalue weighted by atomic mass is 16.5. The highest BCUT2D eigenvalue weighted by molar-refractivity contribution is 5.87. The average molecular weight is 224 g/mol. The van der Waals surface area contributed by atoms with Gasteiger partial charge in [-0.1, -0.05) is 18.7 Å². The van der Waals surface area contributed by atoms with Gasteiger partial charge < -0.3 is 9.84 Å². The fourth-order valence-corrected chi connectivity index (χ4v) is 2.07. The predicted octanol–water partition coefficient (Wildman–Crippen LogP) is 3.87. The zero-order valence-electron chi connectivity index (χ0n) is 9.53. The molecule has 17 heavy (non-hydrogen) atoms. The van der Waals surface area contributed by atoms with E-state index in [-0.39, 0.29) is 5.75 Å². The van der Waals surface area contributed by atoms with Crippen molar-refractivity contribution in [1.29, 1.82) is 0 Å². The third-order valence-corrected chi connectivity index (χ3v) is 2.97. The second-order valence-electron chi connectivity index (χ2n) is 4.26. The van der Waals surface area contributed by atoms with Crippen LogP contribution in [0.5, 0.6) is 17.2 Å². The van der Waals surface area contributed by atoms with Crippen molar-refractivity contribution in [3.05, 3.63) is 59.7 Å². The van der Waals surface area contributed by atoms with Crippen LogP contribution in [-0.4, -0.2) is 5.11 Å². The molecule has 0 saturated heterocycles. The van der Waals surface area contributed by atoms with Gasteiger partial charge in [0.05, 0.1) is 0 Å². The SMILES string of the molecule is C=C1c2ccc(C)cc2Oc2cc(O)ccc21. The number of hydrogen-bond acceptors (Lipinski definition) is 2. The summed E-state index contributed by atoms with van der Waals surface area (Å²) >= 11 is 0. The first-order valence-electron chi connectivity index (χ1n) is 5.46. The molecule has 2 nitrogen and oxygen atoms in total. The molecule has 1 N–H and O–H groups in total. The fourth-order valence-electron chi connectivity index (χ4n) is 2.07. The van der Waals surface area contributed by atoms with Gasteiger partial charge in [-0.25, -0.2) is 0 Å². The second-order valence-corrected chi connectivity index (χ2v) is 4.26. The van der Waals surface area contributed by atoms with E-state index in [0.29, 0.717) is 5.75 Å². The van der Waals surface area contributed by atoms with Crippen molar-refractivity contribution in [2.45, 2.75) is 6.92 Å². The Morgan fingerprint density at radius 3 is 2.41 bits per heavy atom. The first-order chi connectivity index (χ1) is 8.15. The molecule has 0 aliphatic carbocycles. The minimum Gasteiger partial charge on any atom is -0.508 e. The summed E-state index contributed by atoms with van der Waals surface area (Å²) in [5, 5.41) is 9.47. The molecule has 84 valence electrons. The molecule has 0 aromatic heterocycles. The number of rotatable bonds is 0. The van der Waals surface area contributed by atoms with Crippen molar-refractivity contribution in [2.24, 2.45) is 0 Å². The van der Waals surface area contributed by atoms with Gasteiger partial charge >= 0.3 is 0 Å². The lowest BCUT2D eigenvalue weighted by Crippen LogP contribution is -2.01. The zero-order chi connectivity index (χ0) is 12.0. The van der Waals surface area contributed by atoms with E-state index in [1.165, 1.54) is 0 Å². The first kappa shape index (κ1) is 9.97. The Bertz CT molecular complexity index is 573. The molecule has 0 bridgehead atoms. The molecule has 1 aliphatic rings. The van der Waals surface area contributed by atoms with Gasteiger partial charge in [-0.15, -0.1) is 0 Å². The van der Waals surface area contributed by atoms with Gasteiger partial charge in [0.2, 0.25) is 0 Å². The largest absolute Gasteiger partial charge is 0.508 e. The van der Waals surface area contributed by atoms with Crippen LogP contribution in [0.15, 0.2) is 43.0 Å². The van der Waals surface area contributed by atoms with Crippen LogP contribution in [0.25, 0.3) is 5.57 Å². The van der Waals surface area contributed by atoms with Crippen molar-refractivity contribution < 1.29 is 9.84 Å². The van der Waals surface area contributed by atoms with Crippen LogP contribution in [-0.2, 0) is 0 Å². The summed E-state index contributed by atoms with van der Waals surface area (Å²) in [5.74, 6) is 1.66. The summed E-state index contributed by atoms with van der Waals surface area (Å²) in [6, 6.07) is 11.1. The maximum atomic E-state index is 9.47. The molecular formula is C15H12O2. The van der Waals surface area contributed by atoms with Gasteiger partial charge in [-0.05, 0) is 36.3 Å². The maximum Gasteiger partial charge on any atom is 0.138 e. The number of aromatic hydroxyl groups is 1. The fraction of sp³-hybridized carbons (Fsp3) is 0.0667. The quantitative estimate of drug-likeness (QED) is 0.628. The van der Waals surface area contributed by atoms with Gasteiger partial charge in [0.1, 0.15) is 17.2 Å². The highest BCUT2D eigenvalue weighted by Crippen LogP contribution is 2.44. The van der Waals surface area contributed by atoms with E-state index in [1.54, 1.807) is 12.1 Å². The highest BCUT2D eigenvalue weighted by Gasteiger charge is 2.20. The van der Waals surface area contributed by atoms with Gasteiger partial charge in [0.25, 0.3) is 0 Å². The van der Waals surface area contributed by atoms with Crippen LogP contribution in [0.4, 0.5) is 0 Å². The third kappa shape index (κ3) is 1.49. The summed E-state index contributed by atoms with van der Waals surface area (Å²) in [7, 11) is 0. The number of phenolic OH excluding ortho intramolecular Hbond substituents is 1. The Kier molecular flexibility index (Phi) is 1.99. The van der Waals surface area contributed by atoms with Crippen molar-refractivity contribution in [2.75, 3.05) is 0 Å². The molecule has 1 heterocycles. The Balaban J connectivity index is 2.21. The summed E-state index contributed by atoms with van der Waals surface area (Å²) < 4.78 is 5.79. The molecule has 0 radical (unpaired) electrons. The standard InChI is InChI=1S/C15H12O2/c1-9-3-5-12-10(2)13-6-4-11(16)8-15(13)17-14(12)7-9/h3-8,16H,2H2,1H3. The van der Waals surface area contributed by atoms with Crippen LogP contribution in [0.3, 0.4) is 0 Å². The Morgan fingerprint density at radius 1 is 1.00 bits per heavy atom. The van der Waals surface area contributed by atoms with E-state index in [0.717, 1.165) is 28.0 Å². The van der Waals surface area contributed by atoms with Crippen LogP contribution in [0.2, 0.25) is 0 Å². The van der Waals surface area contributed by atoms with Gasteiger partial charge in [0.15, 0.2) is 0 Å². The summed E-state index contributed by atoms with van der Waals surface area (Å²) in [6.45, 7) is 6.11. The minimum absolute atomic E-state index is 0.202. The van der Waals surface area contributed by atoms with Crippen LogP contribution < -0.4 is 4.74 Å². The van der Waals surface area contributed by atoms with E-state index < -0.39 is 0 Å². The lowest BCUT2D eigenvalue weighted by molar-refractivity contribution is 0.450. The summed E-state index contributed by atoms with van der Waals surface area (Å²) in [6.07, 6.45) is 0. The van der Waals surface area contributed by atoms with Gasteiger partial charge in [0, 0.05) is 17.2 Å². The number of ether oxygens (including phenoxy) is 1. The van der Waals surface area contributed by atoms with Gasteiger partial charge in [-0.3, -0.25) is 0 Å². The molecule has 0 unspecified atom stereocenters.